The molecule has 5 heteroatoms. The lowest BCUT2D eigenvalue weighted by molar-refractivity contribution is -0.114. The van der Waals surface area contributed by atoms with Crippen molar-refractivity contribution in [3.05, 3.63) is 0 Å². The molecule has 3 nitrogen and oxygen atoms in total. The summed E-state index contributed by atoms with van der Waals surface area (Å²) in [5.74, 6) is 0.631. The third-order valence-electron chi connectivity index (χ3n) is 3.20. The average Bonchev–Trinajstić information content (AvgIpc) is 2.26. The highest BCUT2D eigenvalue weighted by Crippen LogP contribution is 2.22. The van der Waals surface area contributed by atoms with Crippen molar-refractivity contribution in [2.45, 2.75) is 32.2 Å². The highest BCUT2D eigenvalue weighted by molar-refractivity contribution is 7.96. The summed E-state index contributed by atoms with van der Waals surface area (Å²) >= 11 is 7.98. The van der Waals surface area contributed by atoms with Crippen molar-refractivity contribution in [1.82, 2.24) is 10.0 Å². The first-order valence-electron chi connectivity index (χ1n) is 5.48. The monoisotopic (exact) mass is 248 g/mol. The van der Waals surface area contributed by atoms with E-state index in [0.29, 0.717) is 5.92 Å². The minimum absolute atomic E-state index is 0.0597. The Hall–Kier alpha value is 0.290. The van der Waals surface area contributed by atoms with Crippen LogP contribution < -0.4 is 10.0 Å². The highest BCUT2D eigenvalue weighted by Gasteiger charge is 2.25. The van der Waals surface area contributed by atoms with Gasteiger partial charge in [-0.3, -0.25) is 9.52 Å². The van der Waals surface area contributed by atoms with Gasteiger partial charge in [0.1, 0.15) is 0 Å². The van der Waals surface area contributed by atoms with E-state index >= 15 is 0 Å². The molecule has 0 amide bonds. The van der Waals surface area contributed by atoms with Gasteiger partial charge in [-0.15, -0.1) is 12.6 Å². The van der Waals surface area contributed by atoms with Gasteiger partial charge in [0.2, 0.25) is 0 Å². The Balaban J connectivity index is 2.41. The number of hydrogen-bond donors (Lipinski definition) is 4. The van der Waals surface area contributed by atoms with Crippen LogP contribution in [0.25, 0.3) is 0 Å². The van der Waals surface area contributed by atoms with Gasteiger partial charge in [-0.2, -0.15) is 0 Å². The van der Waals surface area contributed by atoms with Crippen LogP contribution in [-0.4, -0.2) is 24.2 Å². The zero-order valence-corrected chi connectivity index (χ0v) is 10.9. The van der Waals surface area contributed by atoms with Crippen LogP contribution in [0.15, 0.2) is 0 Å². The van der Waals surface area contributed by atoms with Crippen LogP contribution in [0.5, 0.6) is 0 Å². The maximum atomic E-state index is 11.2. The maximum absolute atomic E-state index is 11.2. The van der Waals surface area contributed by atoms with Gasteiger partial charge < -0.3 is 5.32 Å². The van der Waals surface area contributed by atoms with Gasteiger partial charge in [0.15, 0.2) is 5.12 Å². The lowest BCUT2D eigenvalue weighted by atomic mass is 9.87. The number of piperidine rings is 1. The molecule has 1 aliphatic rings. The Morgan fingerprint density at radius 2 is 2.13 bits per heavy atom. The van der Waals surface area contributed by atoms with Gasteiger partial charge in [-0.05, 0) is 38.3 Å². The van der Waals surface area contributed by atoms with Crippen molar-refractivity contribution in [2.24, 2.45) is 11.8 Å². The van der Waals surface area contributed by atoms with Crippen LogP contribution in [0.3, 0.4) is 0 Å². The zero-order valence-electron chi connectivity index (χ0n) is 9.07. The van der Waals surface area contributed by atoms with Gasteiger partial charge in [-0.25, -0.2) is 0 Å². The standard InChI is InChI=1S/C10H20N2OS2/c1-7(10(13)14)9(12-15)6-8-2-4-11-5-3-8/h7-9,11-12,15H,2-6H2,1H3,(H,13,14). The van der Waals surface area contributed by atoms with Crippen LogP contribution >= 0.6 is 25.4 Å². The van der Waals surface area contributed by atoms with E-state index in [0.717, 1.165) is 19.5 Å². The molecule has 2 atom stereocenters. The molecule has 1 fully saturated rings. The van der Waals surface area contributed by atoms with Crippen LogP contribution in [0, 0.1) is 11.8 Å². The SMILES string of the molecule is CC(C(=O)S)C(CC1CCNCC1)NS. The molecule has 0 saturated carbocycles. The van der Waals surface area contributed by atoms with Gasteiger partial charge in [0.05, 0.1) is 0 Å². The first-order chi connectivity index (χ1) is 7.15. The molecular weight excluding hydrogens is 228 g/mol. The number of rotatable bonds is 5. The van der Waals surface area contributed by atoms with Crippen molar-refractivity contribution < 1.29 is 4.79 Å². The second-order valence-electron chi connectivity index (χ2n) is 4.29. The predicted octanol–water partition coefficient (Wildman–Crippen LogP) is 1.27. The number of thiol groups is 2. The Morgan fingerprint density at radius 3 is 2.60 bits per heavy atom. The lowest BCUT2D eigenvalue weighted by Gasteiger charge is -2.28. The summed E-state index contributed by atoms with van der Waals surface area (Å²) in [6.07, 6.45) is 3.40. The third kappa shape index (κ3) is 4.34. The Bertz CT molecular complexity index is 208. The van der Waals surface area contributed by atoms with E-state index in [1.54, 1.807) is 0 Å². The molecule has 15 heavy (non-hydrogen) atoms. The second kappa shape index (κ2) is 6.78. The molecule has 1 saturated heterocycles. The second-order valence-corrected chi connectivity index (χ2v) is 4.99. The number of carbonyl (C=O) groups is 1. The molecule has 0 bridgehead atoms. The van der Waals surface area contributed by atoms with E-state index < -0.39 is 0 Å². The van der Waals surface area contributed by atoms with E-state index in [2.05, 4.69) is 35.5 Å². The fraction of sp³-hybridized carbons (Fsp3) is 0.900. The third-order valence-corrected chi connectivity index (χ3v) is 3.94. The number of nitrogens with one attached hydrogen (secondary N) is 2. The summed E-state index contributed by atoms with van der Waals surface area (Å²) in [7, 11) is 0. The van der Waals surface area contributed by atoms with Gasteiger partial charge >= 0.3 is 0 Å². The Kier molecular flexibility index (Phi) is 6.04. The van der Waals surface area contributed by atoms with Crippen molar-refractivity contribution in [3.63, 3.8) is 0 Å². The fourth-order valence-electron chi connectivity index (χ4n) is 2.02. The maximum Gasteiger partial charge on any atom is 0.190 e. The van der Waals surface area contributed by atoms with E-state index in [4.69, 9.17) is 0 Å². The minimum atomic E-state index is -0.0688. The van der Waals surface area contributed by atoms with Crippen molar-refractivity contribution in [2.75, 3.05) is 13.1 Å². The summed E-state index contributed by atoms with van der Waals surface area (Å²) in [6, 6.07) is 0.140. The lowest BCUT2D eigenvalue weighted by Crippen LogP contribution is -2.37. The molecule has 0 aliphatic carbocycles. The average molecular weight is 248 g/mol. The topological polar surface area (TPSA) is 41.1 Å². The smallest absolute Gasteiger partial charge is 0.190 e. The highest BCUT2D eigenvalue weighted by atomic mass is 32.1. The molecule has 1 heterocycles. The summed E-state index contributed by atoms with van der Waals surface area (Å²) in [5.41, 5.74) is 0. The zero-order chi connectivity index (χ0) is 11.3. The van der Waals surface area contributed by atoms with Gasteiger partial charge in [0.25, 0.3) is 0 Å². The van der Waals surface area contributed by atoms with Crippen molar-refractivity contribution in [1.29, 1.82) is 0 Å². The molecule has 0 aromatic heterocycles. The van der Waals surface area contributed by atoms with Crippen LogP contribution in [-0.2, 0) is 4.79 Å². The van der Waals surface area contributed by atoms with E-state index in [9.17, 15) is 4.79 Å². The summed E-state index contributed by atoms with van der Waals surface area (Å²) in [4.78, 5) is 11.2. The van der Waals surface area contributed by atoms with Crippen LogP contribution in [0.4, 0.5) is 0 Å². The van der Waals surface area contributed by atoms with Gasteiger partial charge in [-0.1, -0.05) is 19.7 Å². The number of carbonyl (C=O) groups excluding carboxylic acids is 1. The van der Waals surface area contributed by atoms with Crippen molar-refractivity contribution in [3.8, 4) is 0 Å². The largest absolute Gasteiger partial charge is 0.317 e. The molecule has 0 radical (unpaired) electrons. The fourth-order valence-corrected chi connectivity index (χ4v) is 2.53. The summed E-state index contributed by atoms with van der Waals surface area (Å²) in [6.45, 7) is 4.09. The van der Waals surface area contributed by atoms with Gasteiger partial charge in [0, 0.05) is 12.0 Å². The quantitative estimate of drug-likeness (QED) is 0.554. The van der Waals surface area contributed by atoms with E-state index in [-0.39, 0.29) is 17.1 Å². The molecule has 0 aromatic carbocycles. The summed E-state index contributed by atoms with van der Waals surface area (Å²) < 4.78 is 2.93. The Labute approximate surface area is 103 Å². The van der Waals surface area contributed by atoms with Crippen LogP contribution in [0.1, 0.15) is 26.2 Å². The van der Waals surface area contributed by atoms with E-state index in [1.807, 2.05) is 6.92 Å². The van der Waals surface area contributed by atoms with Crippen LogP contribution in [0.2, 0.25) is 0 Å². The number of hydrogen-bond acceptors (Lipinski definition) is 4. The predicted molar refractivity (Wildman–Crippen MR) is 69.3 cm³/mol. The molecule has 1 rings (SSSR count). The summed E-state index contributed by atoms with van der Waals surface area (Å²) in [5, 5.41) is 3.28. The molecule has 2 unspecified atom stereocenters. The first kappa shape index (κ1) is 13.4. The molecular formula is C10H20N2OS2. The molecule has 0 spiro atoms. The first-order valence-corrected chi connectivity index (χ1v) is 6.37. The Morgan fingerprint density at radius 1 is 1.53 bits per heavy atom. The van der Waals surface area contributed by atoms with Crippen molar-refractivity contribution >= 4 is 30.6 Å². The molecule has 0 aromatic rings. The molecule has 2 N–H and O–H groups in total. The molecule has 88 valence electrons. The normalized spacial score (nSPS) is 22.3. The molecule has 1 aliphatic heterocycles. The van der Waals surface area contributed by atoms with E-state index in [1.165, 1.54) is 12.8 Å². The minimum Gasteiger partial charge on any atom is -0.317 e.